The maximum atomic E-state index is 6.23. The van der Waals surface area contributed by atoms with E-state index in [0.717, 1.165) is 18.0 Å². The van der Waals surface area contributed by atoms with Crippen molar-refractivity contribution in [1.29, 1.82) is 0 Å². The van der Waals surface area contributed by atoms with E-state index in [1.54, 1.807) is 11.3 Å². The highest BCUT2D eigenvalue weighted by Gasteiger charge is 2.27. The fourth-order valence-electron chi connectivity index (χ4n) is 2.71. The molecule has 0 aliphatic heterocycles. The van der Waals surface area contributed by atoms with Gasteiger partial charge in [0.05, 0.1) is 5.01 Å². The molecule has 1 heterocycles. The van der Waals surface area contributed by atoms with Gasteiger partial charge in [-0.2, -0.15) is 0 Å². The van der Waals surface area contributed by atoms with Gasteiger partial charge in [0, 0.05) is 23.5 Å². The molecular weight excluding hydrogens is 216 g/mol. The summed E-state index contributed by atoms with van der Waals surface area (Å²) in [5.74, 6) is 1.55. The van der Waals surface area contributed by atoms with Crippen molar-refractivity contribution in [2.24, 2.45) is 17.6 Å². The zero-order chi connectivity index (χ0) is 11.5. The van der Waals surface area contributed by atoms with Crippen LogP contribution in [0, 0.1) is 18.8 Å². The average Bonchev–Trinajstić information content (AvgIpc) is 2.67. The molecule has 0 aromatic carbocycles. The summed E-state index contributed by atoms with van der Waals surface area (Å²) in [5.41, 5.74) is 7.38. The van der Waals surface area contributed by atoms with Gasteiger partial charge in [-0.1, -0.05) is 13.3 Å². The number of nitrogens with zero attached hydrogens (tertiary/aromatic N) is 1. The highest BCUT2D eigenvalue weighted by molar-refractivity contribution is 7.09. The van der Waals surface area contributed by atoms with Crippen molar-refractivity contribution in [1.82, 2.24) is 4.98 Å². The lowest BCUT2D eigenvalue weighted by Gasteiger charge is -2.33. The lowest BCUT2D eigenvalue weighted by Crippen LogP contribution is -2.37. The Kier molecular flexibility index (Phi) is 3.98. The Morgan fingerprint density at radius 3 is 2.94 bits per heavy atom. The van der Waals surface area contributed by atoms with E-state index in [4.69, 9.17) is 5.73 Å². The van der Waals surface area contributed by atoms with Crippen LogP contribution in [0.1, 0.15) is 43.3 Å². The second-order valence-corrected chi connectivity index (χ2v) is 6.04. The second-order valence-electron chi connectivity index (χ2n) is 5.10. The van der Waals surface area contributed by atoms with Gasteiger partial charge >= 0.3 is 0 Å². The molecule has 0 bridgehead atoms. The summed E-state index contributed by atoms with van der Waals surface area (Å²) in [4.78, 5) is 4.55. The minimum absolute atomic E-state index is 0.395. The predicted molar refractivity (Wildman–Crippen MR) is 69.7 cm³/mol. The van der Waals surface area contributed by atoms with Crippen LogP contribution < -0.4 is 5.73 Å². The third kappa shape index (κ3) is 2.83. The molecule has 2 nitrogen and oxygen atoms in total. The molecule has 3 unspecified atom stereocenters. The van der Waals surface area contributed by atoms with Crippen LogP contribution in [0.25, 0.3) is 0 Å². The topological polar surface area (TPSA) is 38.9 Å². The number of hydrogen-bond donors (Lipinski definition) is 1. The fourth-order valence-corrected chi connectivity index (χ4v) is 3.58. The van der Waals surface area contributed by atoms with Gasteiger partial charge in [0.2, 0.25) is 0 Å². The first-order valence-corrected chi connectivity index (χ1v) is 7.23. The van der Waals surface area contributed by atoms with Crippen LogP contribution in [-0.4, -0.2) is 11.0 Å². The molecule has 0 spiro atoms. The first-order chi connectivity index (χ1) is 7.69. The Balaban J connectivity index is 1.96. The van der Waals surface area contributed by atoms with Crippen molar-refractivity contribution in [3.63, 3.8) is 0 Å². The minimum Gasteiger partial charge on any atom is -0.327 e. The van der Waals surface area contributed by atoms with Crippen molar-refractivity contribution in [2.45, 2.75) is 52.0 Å². The highest BCUT2D eigenvalue weighted by Crippen LogP contribution is 2.32. The summed E-state index contributed by atoms with van der Waals surface area (Å²) in [6.45, 7) is 4.36. The summed E-state index contributed by atoms with van der Waals surface area (Å²) in [6.07, 6.45) is 6.23. The van der Waals surface area contributed by atoms with E-state index >= 15 is 0 Å². The van der Waals surface area contributed by atoms with Crippen molar-refractivity contribution in [2.75, 3.05) is 0 Å². The van der Waals surface area contributed by atoms with Gasteiger partial charge < -0.3 is 5.73 Å². The van der Waals surface area contributed by atoms with Gasteiger partial charge in [-0.3, -0.25) is 0 Å². The number of aromatic nitrogens is 1. The summed E-state index contributed by atoms with van der Waals surface area (Å²) in [7, 11) is 0. The maximum Gasteiger partial charge on any atom is 0.0931 e. The van der Waals surface area contributed by atoms with Crippen LogP contribution in [0.3, 0.4) is 0 Å². The van der Waals surface area contributed by atoms with Crippen molar-refractivity contribution < 1.29 is 0 Å². The molecule has 0 amide bonds. The lowest BCUT2D eigenvalue weighted by molar-refractivity contribution is 0.227. The van der Waals surface area contributed by atoms with Crippen molar-refractivity contribution in [3.8, 4) is 0 Å². The highest BCUT2D eigenvalue weighted by atomic mass is 32.1. The van der Waals surface area contributed by atoms with Crippen LogP contribution in [0.4, 0.5) is 0 Å². The third-order valence-corrected chi connectivity index (χ3v) is 4.82. The number of rotatable bonds is 3. The molecule has 1 aromatic heterocycles. The minimum atomic E-state index is 0.395. The van der Waals surface area contributed by atoms with E-state index in [0.29, 0.717) is 12.0 Å². The Morgan fingerprint density at radius 1 is 1.50 bits per heavy atom. The SMILES string of the molecule is CCC1CCC(N)C(Cc2nc(C)cs2)C1. The molecule has 1 aliphatic carbocycles. The molecule has 3 atom stereocenters. The summed E-state index contributed by atoms with van der Waals surface area (Å²) in [6, 6.07) is 0.395. The summed E-state index contributed by atoms with van der Waals surface area (Å²) >= 11 is 1.79. The van der Waals surface area contributed by atoms with Crippen molar-refractivity contribution in [3.05, 3.63) is 16.1 Å². The zero-order valence-electron chi connectivity index (χ0n) is 10.3. The third-order valence-electron chi connectivity index (χ3n) is 3.83. The van der Waals surface area contributed by atoms with Gasteiger partial charge in [-0.15, -0.1) is 11.3 Å². The van der Waals surface area contributed by atoms with E-state index in [1.807, 2.05) is 0 Å². The normalized spacial score (nSPS) is 30.6. The number of aryl methyl sites for hydroxylation is 1. The summed E-state index contributed by atoms with van der Waals surface area (Å²) < 4.78 is 0. The van der Waals surface area contributed by atoms with Gasteiger partial charge in [0.1, 0.15) is 0 Å². The van der Waals surface area contributed by atoms with Gasteiger partial charge in [0.25, 0.3) is 0 Å². The maximum absolute atomic E-state index is 6.23. The molecular formula is C13H22N2S. The Hall–Kier alpha value is -0.410. The molecule has 1 aliphatic rings. The molecule has 1 saturated carbocycles. The molecule has 16 heavy (non-hydrogen) atoms. The quantitative estimate of drug-likeness (QED) is 0.878. The zero-order valence-corrected chi connectivity index (χ0v) is 11.1. The fraction of sp³-hybridized carbons (Fsp3) is 0.769. The van der Waals surface area contributed by atoms with Crippen LogP contribution in [0.2, 0.25) is 0 Å². The van der Waals surface area contributed by atoms with Crippen LogP contribution in [0.15, 0.2) is 5.38 Å². The van der Waals surface area contributed by atoms with Gasteiger partial charge in [-0.05, 0) is 38.0 Å². The van der Waals surface area contributed by atoms with E-state index < -0.39 is 0 Å². The number of nitrogens with two attached hydrogens (primary N) is 1. The van der Waals surface area contributed by atoms with E-state index in [2.05, 4.69) is 24.2 Å². The molecule has 3 heteroatoms. The smallest absolute Gasteiger partial charge is 0.0931 e. The molecule has 2 rings (SSSR count). The molecule has 2 N–H and O–H groups in total. The van der Waals surface area contributed by atoms with E-state index in [-0.39, 0.29) is 0 Å². The molecule has 0 saturated heterocycles. The first-order valence-electron chi connectivity index (χ1n) is 6.35. The standard InChI is InChI=1S/C13H22N2S/c1-3-10-4-5-12(14)11(6-10)7-13-15-9(2)8-16-13/h8,10-12H,3-7,14H2,1-2H3. The first kappa shape index (κ1) is 12.1. The molecule has 1 aromatic rings. The molecule has 0 radical (unpaired) electrons. The van der Waals surface area contributed by atoms with Crippen LogP contribution in [-0.2, 0) is 6.42 Å². The second kappa shape index (κ2) is 5.28. The largest absolute Gasteiger partial charge is 0.327 e. The van der Waals surface area contributed by atoms with E-state index in [9.17, 15) is 0 Å². The average molecular weight is 238 g/mol. The molecule has 90 valence electrons. The lowest BCUT2D eigenvalue weighted by atomic mass is 9.76. The monoisotopic (exact) mass is 238 g/mol. The predicted octanol–water partition coefficient (Wildman–Crippen LogP) is 3.15. The number of thiazole rings is 1. The summed E-state index contributed by atoms with van der Waals surface area (Å²) in [5, 5.41) is 3.41. The number of hydrogen-bond acceptors (Lipinski definition) is 3. The van der Waals surface area contributed by atoms with E-state index in [1.165, 1.54) is 30.7 Å². The Bertz CT molecular complexity index is 334. The van der Waals surface area contributed by atoms with Crippen molar-refractivity contribution >= 4 is 11.3 Å². The Labute approximate surface area is 102 Å². The Morgan fingerprint density at radius 2 is 2.31 bits per heavy atom. The van der Waals surface area contributed by atoms with Gasteiger partial charge in [-0.25, -0.2) is 4.98 Å². The molecule has 1 fully saturated rings. The van der Waals surface area contributed by atoms with Crippen LogP contribution >= 0.6 is 11.3 Å². The van der Waals surface area contributed by atoms with Gasteiger partial charge in [0.15, 0.2) is 0 Å². The van der Waals surface area contributed by atoms with Crippen LogP contribution in [0.5, 0.6) is 0 Å².